The van der Waals surface area contributed by atoms with E-state index in [0.717, 1.165) is 10.0 Å². The smallest absolute Gasteiger partial charge is 0.276 e. The molecule has 19 heavy (non-hydrogen) atoms. The Morgan fingerprint density at radius 2 is 2.32 bits per heavy atom. The highest BCUT2D eigenvalue weighted by Crippen LogP contribution is 2.26. The minimum atomic E-state index is -0.326. The Morgan fingerprint density at radius 1 is 1.53 bits per heavy atom. The average molecular weight is 343 g/mol. The summed E-state index contributed by atoms with van der Waals surface area (Å²) < 4.78 is 6.10. The number of carbonyl (C=O) groups is 1. The van der Waals surface area contributed by atoms with Crippen LogP contribution in [-0.2, 0) is 5.75 Å². The van der Waals surface area contributed by atoms with E-state index in [9.17, 15) is 4.79 Å². The Bertz CT molecular complexity index is 602. The predicted molar refractivity (Wildman–Crippen MR) is 74.4 cm³/mol. The summed E-state index contributed by atoms with van der Waals surface area (Å²) in [6.07, 6.45) is 0. The van der Waals surface area contributed by atoms with E-state index in [-0.39, 0.29) is 5.91 Å². The van der Waals surface area contributed by atoms with Crippen LogP contribution in [0.2, 0.25) is 0 Å². The highest BCUT2D eigenvalue weighted by atomic mass is 79.9. The lowest BCUT2D eigenvalue weighted by Crippen LogP contribution is -2.29. The molecule has 0 aliphatic rings. The van der Waals surface area contributed by atoms with E-state index in [0.29, 0.717) is 22.4 Å². The number of nitrogens with two attached hydrogens (primary N) is 1. The van der Waals surface area contributed by atoms with Gasteiger partial charge in [0.15, 0.2) is 0 Å². The first kappa shape index (κ1) is 14.0. The zero-order valence-corrected chi connectivity index (χ0v) is 12.4. The Labute approximate surface area is 122 Å². The van der Waals surface area contributed by atoms with Crippen LogP contribution in [0.4, 0.5) is 0 Å². The minimum absolute atomic E-state index is 0.326. The summed E-state index contributed by atoms with van der Waals surface area (Å²) in [5, 5.41) is 8.18. The first-order chi connectivity index (χ1) is 9.10. The number of halogens is 1. The summed E-state index contributed by atoms with van der Waals surface area (Å²) in [6, 6.07) is 5.28. The first-order valence-electron chi connectivity index (χ1n) is 5.32. The van der Waals surface area contributed by atoms with Gasteiger partial charge >= 0.3 is 0 Å². The van der Waals surface area contributed by atoms with Crippen molar-refractivity contribution in [1.29, 1.82) is 0 Å². The number of hydrogen-bond acceptors (Lipinski definition) is 6. The van der Waals surface area contributed by atoms with Crippen molar-refractivity contribution in [3.63, 3.8) is 0 Å². The molecule has 2 rings (SSSR count). The second-order valence-electron chi connectivity index (χ2n) is 3.66. The molecule has 0 saturated carbocycles. The van der Waals surface area contributed by atoms with Gasteiger partial charge in [-0.2, -0.15) is 0 Å². The molecule has 0 atom stereocenters. The molecule has 1 aromatic heterocycles. The maximum absolute atomic E-state index is 11.4. The van der Waals surface area contributed by atoms with Crippen LogP contribution in [0.1, 0.15) is 21.8 Å². The van der Waals surface area contributed by atoms with Crippen LogP contribution in [0.5, 0.6) is 0 Å². The number of aromatic nitrogens is 2. The standard InChI is InChI=1S/C11H11BrN4O2S/c1-6-15-16-11(18-6)19-5-8-3-2-7(4-9(8)12)10(17)14-13/h2-4H,5,13H2,1H3,(H,14,17). The molecule has 8 heteroatoms. The van der Waals surface area contributed by atoms with E-state index in [1.165, 1.54) is 11.8 Å². The van der Waals surface area contributed by atoms with Gasteiger partial charge in [0.25, 0.3) is 11.1 Å². The van der Waals surface area contributed by atoms with Gasteiger partial charge in [0.1, 0.15) is 0 Å². The van der Waals surface area contributed by atoms with E-state index in [1.54, 1.807) is 19.1 Å². The molecule has 2 aromatic rings. The highest BCUT2D eigenvalue weighted by molar-refractivity contribution is 9.10. The number of aryl methyl sites for hydroxylation is 1. The quantitative estimate of drug-likeness (QED) is 0.382. The molecular weight excluding hydrogens is 332 g/mol. The molecule has 3 N–H and O–H groups in total. The van der Waals surface area contributed by atoms with Crippen LogP contribution in [0.25, 0.3) is 0 Å². The number of hydrazine groups is 1. The van der Waals surface area contributed by atoms with Crippen LogP contribution < -0.4 is 11.3 Å². The van der Waals surface area contributed by atoms with Crippen molar-refractivity contribution < 1.29 is 9.21 Å². The van der Waals surface area contributed by atoms with E-state index in [1.807, 2.05) is 6.07 Å². The number of carbonyl (C=O) groups excluding carboxylic acids is 1. The van der Waals surface area contributed by atoms with Gasteiger partial charge in [-0.05, 0) is 17.7 Å². The summed E-state index contributed by atoms with van der Waals surface area (Å²) >= 11 is 4.86. The van der Waals surface area contributed by atoms with Crippen LogP contribution in [0, 0.1) is 6.92 Å². The number of benzene rings is 1. The molecule has 100 valence electrons. The van der Waals surface area contributed by atoms with Crippen LogP contribution in [0.3, 0.4) is 0 Å². The van der Waals surface area contributed by atoms with Gasteiger partial charge in [-0.3, -0.25) is 10.2 Å². The van der Waals surface area contributed by atoms with Crippen LogP contribution in [-0.4, -0.2) is 16.1 Å². The molecule has 0 aliphatic carbocycles. The monoisotopic (exact) mass is 342 g/mol. The number of nitrogens with zero attached hydrogens (tertiary/aromatic N) is 2. The summed E-state index contributed by atoms with van der Waals surface area (Å²) in [5.41, 5.74) is 3.61. The van der Waals surface area contributed by atoms with Gasteiger partial charge in [-0.15, -0.1) is 10.2 Å². The Kier molecular flexibility index (Phi) is 4.56. The molecular formula is C11H11BrN4O2S. The topological polar surface area (TPSA) is 94.0 Å². The number of amides is 1. The third kappa shape index (κ3) is 3.55. The highest BCUT2D eigenvalue weighted by Gasteiger charge is 2.09. The molecule has 0 spiro atoms. The molecule has 6 nitrogen and oxygen atoms in total. The summed E-state index contributed by atoms with van der Waals surface area (Å²) in [6.45, 7) is 1.74. The fraction of sp³-hybridized carbons (Fsp3) is 0.182. The van der Waals surface area contributed by atoms with Crippen molar-refractivity contribution in [3.8, 4) is 0 Å². The average Bonchev–Trinajstić information content (AvgIpc) is 2.82. The Balaban J connectivity index is 2.07. The maximum atomic E-state index is 11.4. The number of hydrogen-bond donors (Lipinski definition) is 2. The second-order valence-corrected chi connectivity index (χ2v) is 5.44. The van der Waals surface area contributed by atoms with E-state index in [2.05, 4.69) is 31.6 Å². The molecule has 0 fully saturated rings. The van der Waals surface area contributed by atoms with Gasteiger partial charge in [-0.25, -0.2) is 5.84 Å². The fourth-order valence-electron chi connectivity index (χ4n) is 1.37. The molecule has 0 bridgehead atoms. The Morgan fingerprint density at radius 3 is 2.89 bits per heavy atom. The van der Waals surface area contributed by atoms with Gasteiger partial charge < -0.3 is 4.42 Å². The van der Waals surface area contributed by atoms with Crippen molar-refractivity contribution in [1.82, 2.24) is 15.6 Å². The number of thioether (sulfide) groups is 1. The molecule has 0 saturated heterocycles. The van der Waals surface area contributed by atoms with Gasteiger partial charge in [0.05, 0.1) is 0 Å². The molecule has 1 heterocycles. The lowest BCUT2D eigenvalue weighted by Gasteiger charge is -2.05. The second kappa shape index (κ2) is 6.18. The third-order valence-electron chi connectivity index (χ3n) is 2.30. The lowest BCUT2D eigenvalue weighted by atomic mass is 10.1. The van der Waals surface area contributed by atoms with Crippen molar-refractivity contribution in [2.24, 2.45) is 5.84 Å². The number of rotatable bonds is 4. The van der Waals surface area contributed by atoms with Crippen LogP contribution >= 0.6 is 27.7 Å². The third-order valence-corrected chi connectivity index (χ3v) is 3.91. The largest absolute Gasteiger partial charge is 0.416 e. The number of nitrogen functional groups attached to an aromatic ring is 1. The zero-order valence-electron chi connectivity index (χ0n) is 10.0. The van der Waals surface area contributed by atoms with Crippen molar-refractivity contribution in [2.75, 3.05) is 0 Å². The van der Waals surface area contributed by atoms with E-state index in [4.69, 9.17) is 10.3 Å². The molecule has 0 radical (unpaired) electrons. The molecule has 0 unspecified atom stereocenters. The first-order valence-corrected chi connectivity index (χ1v) is 7.10. The molecule has 1 amide bonds. The van der Waals surface area contributed by atoms with Crippen molar-refractivity contribution >= 4 is 33.6 Å². The molecule has 1 aromatic carbocycles. The number of nitrogens with one attached hydrogen (secondary N) is 1. The summed E-state index contributed by atoms with van der Waals surface area (Å²) in [7, 11) is 0. The summed E-state index contributed by atoms with van der Waals surface area (Å²) in [4.78, 5) is 11.4. The van der Waals surface area contributed by atoms with Crippen molar-refractivity contribution in [3.05, 3.63) is 39.7 Å². The van der Waals surface area contributed by atoms with Gasteiger partial charge in [0, 0.05) is 22.7 Å². The SMILES string of the molecule is Cc1nnc(SCc2ccc(C(=O)NN)cc2Br)o1. The fourth-order valence-corrected chi connectivity index (χ4v) is 2.88. The van der Waals surface area contributed by atoms with E-state index < -0.39 is 0 Å². The lowest BCUT2D eigenvalue weighted by molar-refractivity contribution is 0.0953. The van der Waals surface area contributed by atoms with Crippen LogP contribution in [0.15, 0.2) is 32.3 Å². The maximum Gasteiger partial charge on any atom is 0.276 e. The summed E-state index contributed by atoms with van der Waals surface area (Å²) in [5.74, 6) is 5.95. The van der Waals surface area contributed by atoms with Gasteiger partial charge in [0.2, 0.25) is 5.89 Å². The van der Waals surface area contributed by atoms with Crippen molar-refractivity contribution in [2.45, 2.75) is 17.9 Å². The molecule has 0 aliphatic heterocycles. The van der Waals surface area contributed by atoms with E-state index >= 15 is 0 Å². The Hall–Kier alpha value is -1.38. The zero-order chi connectivity index (χ0) is 13.8. The normalized spacial score (nSPS) is 10.5. The predicted octanol–water partition coefficient (Wildman–Crippen LogP) is 2.04. The minimum Gasteiger partial charge on any atom is -0.416 e. The van der Waals surface area contributed by atoms with Gasteiger partial charge in [-0.1, -0.05) is 33.8 Å².